The van der Waals surface area contributed by atoms with Gasteiger partial charge in [-0.25, -0.2) is 15.0 Å². The molecule has 3 rings (SSSR count). The normalized spacial score (nSPS) is 10.7. The van der Waals surface area contributed by atoms with Gasteiger partial charge in [0.1, 0.15) is 12.7 Å². The summed E-state index contributed by atoms with van der Waals surface area (Å²) in [5.41, 5.74) is 2.96. The number of aromatic nitrogens is 4. The molecule has 0 radical (unpaired) electrons. The van der Waals surface area contributed by atoms with Crippen LogP contribution in [0, 0.1) is 0 Å². The third-order valence-corrected chi connectivity index (χ3v) is 2.28. The number of para-hydroxylation sites is 2. The van der Waals surface area contributed by atoms with Crippen molar-refractivity contribution in [3.05, 3.63) is 49.3 Å². The molecule has 1 aromatic carbocycles. The van der Waals surface area contributed by atoms with Crippen LogP contribution in [0.15, 0.2) is 49.3 Å². The molecule has 3 aromatic rings. The maximum atomic E-state index is 4.30. The Balaban J connectivity index is 2.28. The molecule has 0 atom stereocenters. The molecule has 0 fully saturated rings. The van der Waals surface area contributed by atoms with E-state index in [0.29, 0.717) is 0 Å². The van der Waals surface area contributed by atoms with Crippen LogP contribution in [-0.2, 0) is 0 Å². The molecule has 0 saturated heterocycles. The fourth-order valence-electron chi connectivity index (χ4n) is 1.58. The van der Waals surface area contributed by atoms with Crippen LogP contribution >= 0.6 is 0 Å². The third-order valence-electron chi connectivity index (χ3n) is 2.28. The Morgan fingerprint density at radius 3 is 2.67 bits per heavy atom. The van der Waals surface area contributed by atoms with Crippen molar-refractivity contribution >= 4 is 11.0 Å². The number of hydrogen-bond acceptors (Lipinski definition) is 3. The second kappa shape index (κ2) is 3.16. The van der Waals surface area contributed by atoms with Crippen molar-refractivity contribution in [2.24, 2.45) is 0 Å². The van der Waals surface area contributed by atoms with Crippen LogP contribution in [-0.4, -0.2) is 19.5 Å². The van der Waals surface area contributed by atoms with Crippen LogP contribution in [0.4, 0.5) is 0 Å². The Kier molecular flexibility index (Phi) is 1.71. The molecule has 72 valence electrons. The lowest BCUT2D eigenvalue weighted by Crippen LogP contribution is -1.93. The third kappa shape index (κ3) is 1.27. The Morgan fingerprint density at radius 2 is 1.80 bits per heavy atom. The lowest BCUT2D eigenvalue weighted by Gasteiger charge is -2.01. The van der Waals surface area contributed by atoms with Gasteiger partial charge in [0.2, 0.25) is 0 Å². The van der Waals surface area contributed by atoms with Gasteiger partial charge in [-0.05, 0) is 12.1 Å². The van der Waals surface area contributed by atoms with E-state index in [1.807, 2.05) is 28.8 Å². The van der Waals surface area contributed by atoms with E-state index in [-0.39, 0.29) is 0 Å². The van der Waals surface area contributed by atoms with Gasteiger partial charge in [0.15, 0.2) is 0 Å². The summed E-state index contributed by atoms with van der Waals surface area (Å²) in [4.78, 5) is 12.3. The molecule has 0 N–H and O–H groups in total. The maximum Gasteiger partial charge on any atom is 0.115 e. The van der Waals surface area contributed by atoms with Crippen molar-refractivity contribution in [2.45, 2.75) is 0 Å². The summed E-state index contributed by atoms with van der Waals surface area (Å²) < 4.78 is 1.97. The molecule has 4 heteroatoms. The molecule has 0 aliphatic rings. The lowest BCUT2D eigenvalue weighted by molar-refractivity contribution is 1.03. The highest BCUT2D eigenvalue weighted by molar-refractivity contribution is 5.76. The molecule has 0 aliphatic heterocycles. The number of hydrogen-bond donors (Lipinski definition) is 0. The highest BCUT2D eigenvalue weighted by Crippen LogP contribution is 2.15. The first kappa shape index (κ1) is 8.11. The molecule has 0 aliphatic carbocycles. The van der Waals surface area contributed by atoms with E-state index in [2.05, 4.69) is 15.0 Å². The molecule has 15 heavy (non-hydrogen) atoms. The minimum absolute atomic E-state index is 0.922. The van der Waals surface area contributed by atoms with Crippen molar-refractivity contribution in [2.75, 3.05) is 0 Å². The maximum absolute atomic E-state index is 4.30. The summed E-state index contributed by atoms with van der Waals surface area (Å²) >= 11 is 0. The van der Waals surface area contributed by atoms with E-state index in [1.54, 1.807) is 18.7 Å². The second-order valence-corrected chi connectivity index (χ2v) is 3.20. The number of benzene rings is 1. The summed E-state index contributed by atoms with van der Waals surface area (Å²) in [5.74, 6) is 0. The van der Waals surface area contributed by atoms with Gasteiger partial charge in [0.25, 0.3) is 0 Å². The lowest BCUT2D eigenvalue weighted by atomic mass is 10.3. The number of imidazole rings is 1. The van der Waals surface area contributed by atoms with Gasteiger partial charge in [0, 0.05) is 0 Å². The zero-order valence-corrected chi connectivity index (χ0v) is 7.91. The van der Waals surface area contributed by atoms with E-state index in [1.165, 1.54) is 6.33 Å². The van der Waals surface area contributed by atoms with Crippen molar-refractivity contribution in [1.29, 1.82) is 0 Å². The molecular weight excluding hydrogens is 188 g/mol. The summed E-state index contributed by atoms with van der Waals surface area (Å²) in [6.45, 7) is 0. The first-order valence-electron chi connectivity index (χ1n) is 4.62. The SMILES string of the molecule is c1ccc2c(c1)ncn2-c1cncnc1. The Hall–Kier alpha value is -2.23. The minimum Gasteiger partial charge on any atom is -0.296 e. The minimum atomic E-state index is 0.922. The van der Waals surface area contributed by atoms with Gasteiger partial charge >= 0.3 is 0 Å². The van der Waals surface area contributed by atoms with Crippen LogP contribution in [0.5, 0.6) is 0 Å². The first-order chi connectivity index (χ1) is 7.45. The molecule has 4 nitrogen and oxygen atoms in total. The predicted octanol–water partition coefficient (Wildman–Crippen LogP) is 1.82. The molecule has 0 unspecified atom stereocenters. The number of fused-ring (bicyclic) bond motifs is 1. The topological polar surface area (TPSA) is 43.6 Å². The Bertz CT molecular complexity index is 586. The van der Waals surface area contributed by atoms with E-state index < -0.39 is 0 Å². The predicted molar refractivity (Wildman–Crippen MR) is 56.7 cm³/mol. The standard InChI is InChI=1S/C11H8N4/c1-2-4-11-10(3-1)14-8-15(11)9-5-12-7-13-6-9/h1-8H. The van der Waals surface area contributed by atoms with E-state index in [0.717, 1.165) is 16.7 Å². The van der Waals surface area contributed by atoms with E-state index in [4.69, 9.17) is 0 Å². The van der Waals surface area contributed by atoms with Crippen LogP contribution < -0.4 is 0 Å². The van der Waals surface area contributed by atoms with Crippen LogP contribution in [0.25, 0.3) is 16.7 Å². The molecule has 2 aromatic heterocycles. The van der Waals surface area contributed by atoms with E-state index in [9.17, 15) is 0 Å². The Morgan fingerprint density at radius 1 is 1.00 bits per heavy atom. The highest BCUT2D eigenvalue weighted by atomic mass is 15.1. The van der Waals surface area contributed by atoms with Crippen LogP contribution in [0.3, 0.4) is 0 Å². The molecule has 0 bridgehead atoms. The zero-order chi connectivity index (χ0) is 10.1. The van der Waals surface area contributed by atoms with Gasteiger partial charge in [-0.3, -0.25) is 4.57 Å². The average Bonchev–Trinajstić information content (AvgIpc) is 2.74. The molecule has 2 heterocycles. The second-order valence-electron chi connectivity index (χ2n) is 3.20. The van der Waals surface area contributed by atoms with Gasteiger partial charge in [0.05, 0.1) is 29.1 Å². The van der Waals surface area contributed by atoms with Gasteiger partial charge in [-0.2, -0.15) is 0 Å². The first-order valence-corrected chi connectivity index (χ1v) is 4.62. The van der Waals surface area contributed by atoms with Gasteiger partial charge < -0.3 is 0 Å². The smallest absolute Gasteiger partial charge is 0.115 e. The Labute approximate surface area is 86.2 Å². The monoisotopic (exact) mass is 196 g/mol. The summed E-state index contributed by atoms with van der Waals surface area (Å²) in [6.07, 6.45) is 6.83. The molecule has 0 amide bonds. The van der Waals surface area contributed by atoms with Crippen molar-refractivity contribution in [3.8, 4) is 5.69 Å². The van der Waals surface area contributed by atoms with Crippen molar-refractivity contribution in [1.82, 2.24) is 19.5 Å². The van der Waals surface area contributed by atoms with E-state index >= 15 is 0 Å². The summed E-state index contributed by atoms with van der Waals surface area (Å²) in [5, 5.41) is 0. The molecular formula is C11H8N4. The largest absolute Gasteiger partial charge is 0.296 e. The van der Waals surface area contributed by atoms with Crippen LogP contribution in [0.1, 0.15) is 0 Å². The fraction of sp³-hybridized carbons (Fsp3) is 0. The molecule has 0 saturated carbocycles. The number of nitrogens with zero attached hydrogens (tertiary/aromatic N) is 4. The van der Waals surface area contributed by atoms with Crippen molar-refractivity contribution < 1.29 is 0 Å². The van der Waals surface area contributed by atoms with Crippen molar-refractivity contribution in [3.63, 3.8) is 0 Å². The van der Waals surface area contributed by atoms with Gasteiger partial charge in [-0.15, -0.1) is 0 Å². The number of rotatable bonds is 1. The summed E-state index contributed by atoms with van der Waals surface area (Å²) in [6, 6.07) is 7.97. The quantitative estimate of drug-likeness (QED) is 0.596. The fourth-order valence-corrected chi connectivity index (χ4v) is 1.58. The molecule has 0 spiro atoms. The summed E-state index contributed by atoms with van der Waals surface area (Å²) in [7, 11) is 0. The zero-order valence-electron chi connectivity index (χ0n) is 7.91. The average molecular weight is 196 g/mol. The highest BCUT2D eigenvalue weighted by Gasteiger charge is 2.02. The van der Waals surface area contributed by atoms with Gasteiger partial charge in [-0.1, -0.05) is 12.1 Å². The van der Waals surface area contributed by atoms with Crippen LogP contribution in [0.2, 0.25) is 0 Å².